The minimum atomic E-state index is -0.253. The molecule has 1 saturated carbocycles. The third-order valence-electron chi connectivity index (χ3n) is 3.98. The van der Waals surface area contributed by atoms with Gasteiger partial charge in [-0.1, -0.05) is 40.9 Å². The second-order valence-corrected chi connectivity index (χ2v) is 6.21. The van der Waals surface area contributed by atoms with Crippen molar-refractivity contribution < 1.29 is 14.3 Å². The Morgan fingerprint density at radius 1 is 1.15 bits per heavy atom. The van der Waals surface area contributed by atoms with Crippen LogP contribution >= 0.6 is 15.9 Å². The zero-order valence-electron chi connectivity index (χ0n) is 11.6. The average Bonchev–Trinajstić information content (AvgIpc) is 2.48. The second-order valence-electron chi connectivity index (χ2n) is 5.29. The predicted octanol–water partition coefficient (Wildman–Crippen LogP) is 3.54. The van der Waals surface area contributed by atoms with E-state index in [1.807, 2.05) is 24.3 Å². The zero-order valence-corrected chi connectivity index (χ0v) is 13.2. The molecule has 3 nitrogen and oxygen atoms in total. The second kappa shape index (κ2) is 7.02. The first-order valence-electron chi connectivity index (χ1n) is 6.97. The SMILES string of the molecule is COC(=O)C1CCCCC1C(=O)Cc1ccc(Br)cc1. The maximum absolute atomic E-state index is 12.5. The fraction of sp³-hybridized carbons (Fsp3) is 0.500. The Morgan fingerprint density at radius 2 is 1.75 bits per heavy atom. The Hall–Kier alpha value is -1.16. The molecule has 0 aliphatic heterocycles. The van der Waals surface area contributed by atoms with Crippen molar-refractivity contribution in [1.82, 2.24) is 0 Å². The molecular formula is C16H19BrO3. The highest BCUT2D eigenvalue weighted by Gasteiger charge is 2.35. The van der Waals surface area contributed by atoms with Gasteiger partial charge in [0.15, 0.2) is 0 Å². The average molecular weight is 339 g/mol. The number of rotatable bonds is 4. The first-order valence-corrected chi connectivity index (χ1v) is 7.76. The molecule has 2 atom stereocenters. The van der Waals surface area contributed by atoms with Crippen LogP contribution in [-0.4, -0.2) is 18.9 Å². The first kappa shape index (κ1) is 15.2. The van der Waals surface area contributed by atoms with Crippen molar-refractivity contribution in [3.8, 4) is 0 Å². The number of ketones is 1. The number of esters is 1. The standard InChI is InChI=1S/C16H19BrO3/c1-20-16(19)14-5-3-2-4-13(14)15(18)10-11-6-8-12(17)9-7-11/h6-9,13-14H,2-5,10H2,1H3. The van der Waals surface area contributed by atoms with Crippen LogP contribution in [0.3, 0.4) is 0 Å². The van der Waals surface area contributed by atoms with Crippen LogP contribution in [0.25, 0.3) is 0 Å². The molecule has 1 aromatic carbocycles. The van der Waals surface area contributed by atoms with Gasteiger partial charge >= 0.3 is 5.97 Å². The van der Waals surface area contributed by atoms with E-state index in [1.54, 1.807) is 0 Å². The van der Waals surface area contributed by atoms with Crippen LogP contribution in [0.4, 0.5) is 0 Å². The van der Waals surface area contributed by atoms with Gasteiger partial charge in [0.2, 0.25) is 0 Å². The van der Waals surface area contributed by atoms with E-state index in [9.17, 15) is 9.59 Å². The van der Waals surface area contributed by atoms with E-state index in [2.05, 4.69) is 15.9 Å². The van der Waals surface area contributed by atoms with Crippen molar-refractivity contribution in [3.63, 3.8) is 0 Å². The smallest absolute Gasteiger partial charge is 0.309 e. The lowest BCUT2D eigenvalue weighted by molar-refractivity contribution is -0.151. The summed E-state index contributed by atoms with van der Waals surface area (Å²) >= 11 is 3.38. The minimum absolute atomic E-state index is 0.155. The van der Waals surface area contributed by atoms with Gasteiger partial charge in [-0.25, -0.2) is 0 Å². The molecule has 0 aromatic heterocycles. The topological polar surface area (TPSA) is 43.4 Å². The normalized spacial score (nSPS) is 22.3. The van der Waals surface area contributed by atoms with Crippen LogP contribution in [0.15, 0.2) is 28.7 Å². The summed E-state index contributed by atoms with van der Waals surface area (Å²) in [6, 6.07) is 7.75. The lowest BCUT2D eigenvalue weighted by Gasteiger charge is -2.28. The van der Waals surface area contributed by atoms with Gasteiger partial charge in [-0.3, -0.25) is 9.59 Å². The van der Waals surface area contributed by atoms with Gasteiger partial charge in [0.25, 0.3) is 0 Å². The summed E-state index contributed by atoms with van der Waals surface area (Å²) in [6.07, 6.45) is 3.98. The number of methoxy groups -OCH3 is 1. The van der Waals surface area contributed by atoms with Crippen LogP contribution in [0.5, 0.6) is 0 Å². The molecule has 0 radical (unpaired) electrons. The number of ether oxygens (including phenoxy) is 1. The Bertz CT molecular complexity index is 481. The quantitative estimate of drug-likeness (QED) is 0.788. The maximum Gasteiger partial charge on any atom is 0.309 e. The van der Waals surface area contributed by atoms with Gasteiger partial charge in [0.1, 0.15) is 5.78 Å². The van der Waals surface area contributed by atoms with E-state index in [-0.39, 0.29) is 23.6 Å². The molecule has 0 amide bonds. The van der Waals surface area contributed by atoms with E-state index in [1.165, 1.54) is 7.11 Å². The highest BCUT2D eigenvalue weighted by molar-refractivity contribution is 9.10. The molecule has 0 heterocycles. The fourth-order valence-electron chi connectivity index (χ4n) is 2.88. The van der Waals surface area contributed by atoms with Crippen molar-refractivity contribution in [2.75, 3.05) is 7.11 Å². The van der Waals surface area contributed by atoms with Gasteiger partial charge in [-0.05, 0) is 30.5 Å². The summed E-state index contributed by atoms with van der Waals surface area (Å²) in [5.74, 6) is -0.516. The minimum Gasteiger partial charge on any atom is -0.469 e. The van der Waals surface area contributed by atoms with Crippen molar-refractivity contribution in [2.24, 2.45) is 11.8 Å². The van der Waals surface area contributed by atoms with Crippen LogP contribution < -0.4 is 0 Å². The number of hydrogen-bond acceptors (Lipinski definition) is 3. The predicted molar refractivity (Wildman–Crippen MR) is 80.3 cm³/mol. The van der Waals surface area contributed by atoms with Gasteiger partial charge in [0, 0.05) is 16.8 Å². The summed E-state index contributed by atoms with van der Waals surface area (Å²) in [6.45, 7) is 0. The molecule has 4 heteroatoms. The Balaban J connectivity index is 2.05. The molecule has 0 N–H and O–H groups in total. The monoisotopic (exact) mass is 338 g/mol. The van der Waals surface area contributed by atoms with E-state index in [0.717, 1.165) is 35.7 Å². The molecule has 0 bridgehead atoms. The molecule has 1 aromatic rings. The van der Waals surface area contributed by atoms with Crippen LogP contribution in [0, 0.1) is 11.8 Å². The molecular weight excluding hydrogens is 320 g/mol. The van der Waals surface area contributed by atoms with Crippen molar-refractivity contribution in [3.05, 3.63) is 34.3 Å². The lowest BCUT2D eigenvalue weighted by Crippen LogP contribution is -2.34. The van der Waals surface area contributed by atoms with E-state index >= 15 is 0 Å². The van der Waals surface area contributed by atoms with E-state index in [4.69, 9.17) is 4.74 Å². The molecule has 1 aliphatic rings. The summed E-state index contributed by atoms with van der Waals surface area (Å²) in [5.41, 5.74) is 0.993. The molecule has 108 valence electrons. The van der Waals surface area contributed by atoms with Gasteiger partial charge in [0.05, 0.1) is 13.0 Å². The van der Waals surface area contributed by atoms with E-state index < -0.39 is 0 Å². The Labute approximate surface area is 127 Å². The lowest BCUT2D eigenvalue weighted by atomic mass is 9.75. The van der Waals surface area contributed by atoms with Crippen molar-refractivity contribution in [1.29, 1.82) is 0 Å². The van der Waals surface area contributed by atoms with Crippen LogP contribution in [0.2, 0.25) is 0 Å². The Kier molecular flexibility index (Phi) is 5.35. The summed E-state index contributed by atoms with van der Waals surface area (Å²) in [5, 5.41) is 0. The van der Waals surface area contributed by atoms with Crippen LogP contribution in [0.1, 0.15) is 31.2 Å². The number of benzene rings is 1. The number of carbonyl (C=O) groups is 2. The van der Waals surface area contributed by atoms with Gasteiger partial charge in [-0.2, -0.15) is 0 Å². The molecule has 20 heavy (non-hydrogen) atoms. The van der Waals surface area contributed by atoms with E-state index in [0.29, 0.717) is 6.42 Å². The van der Waals surface area contributed by atoms with Gasteiger partial charge < -0.3 is 4.74 Å². The molecule has 1 fully saturated rings. The zero-order chi connectivity index (χ0) is 14.5. The number of Topliss-reactive ketones (excluding diaryl/α,β-unsaturated/α-hetero) is 1. The van der Waals surface area contributed by atoms with Crippen molar-refractivity contribution in [2.45, 2.75) is 32.1 Å². The van der Waals surface area contributed by atoms with Crippen LogP contribution in [-0.2, 0) is 20.7 Å². The summed E-state index contributed by atoms with van der Waals surface area (Å²) < 4.78 is 5.84. The molecule has 0 saturated heterocycles. The van der Waals surface area contributed by atoms with Crippen molar-refractivity contribution >= 4 is 27.7 Å². The Morgan fingerprint density at radius 3 is 2.35 bits per heavy atom. The maximum atomic E-state index is 12.5. The molecule has 2 unspecified atom stereocenters. The molecule has 1 aliphatic carbocycles. The fourth-order valence-corrected chi connectivity index (χ4v) is 3.15. The molecule has 2 rings (SSSR count). The third-order valence-corrected chi connectivity index (χ3v) is 4.50. The number of carbonyl (C=O) groups excluding carboxylic acids is 2. The largest absolute Gasteiger partial charge is 0.469 e. The highest BCUT2D eigenvalue weighted by atomic mass is 79.9. The molecule has 0 spiro atoms. The number of hydrogen-bond donors (Lipinski definition) is 0. The van der Waals surface area contributed by atoms with Gasteiger partial charge in [-0.15, -0.1) is 0 Å². The highest BCUT2D eigenvalue weighted by Crippen LogP contribution is 2.32. The summed E-state index contributed by atoms with van der Waals surface area (Å²) in [7, 11) is 1.40. The third kappa shape index (κ3) is 3.69. The summed E-state index contributed by atoms with van der Waals surface area (Å²) in [4.78, 5) is 24.3. The first-order chi connectivity index (χ1) is 9.61. The number of halogens is 1.